The fraction of sp³-hybridized carbons (Fsp3) is 0.692. The zero-order valence-electron chi connectivity index (χ0n) is 7.71. The van der Waals surface area contributed by atoms with Gasteiger partial charge in [0.1, 0.15) is 0 Å². The van der Waals surface area contributed by atoms with Crippen LogP contribution in [-0.2, 0) is 28.7 Å². The van der Waals surface area contributed by atoms with E-state index in [-0.39, 0.29) is 44.6 Å². The van der Waals surface area contributed by atoms with Crippen LogP contribution in [0.15, 0.2) is 0 Å². The van der Waals surface area contributed by atoms with E-state index in [1.54, 1.807) is 0 Å². The molecule has 0 heterocycles. The molecule has 0 aliphatic heterocycles. The van der Waals surface area contributed by atoms with E-state index in [0.717, 1.165) is 14.2 Å². The van der Waals surface area contributed by atoms with Crippen molar-refractivity contribution in [1.82, 2.24) is 0 Å². The molecule has 0 fully saturated rings. The van der Waals surface area contributed by atoms with Crippen LogP contribution in [0.1, 0.15) is 44.6 Å². The van der Waals surface area contributed by atoms with Gasteiger partial charge in [0.25, 0.3) is 10.5 Å². The summed E-state index contributed by atoms with van der Waals surface area (Å²) in [5, 5.41) is -3.16. The normalized spacial score (nSPS) is 7.43. The van der Waals surface area contributed by atoms with Crippen molar-refractivity contribution in [2.75, 3.05) is 14.2 Å². The van der Waals surface area contributed by atoms with Gasteiger partial charge in [-0.2, -0.15) is 0 Å². The SMILES string of the molecule is C.C.C.C.C.C.COC(=O)C(C(=O)Cl)(C(=O)Cl)C(=O)OC. The fourth-order valence-electron chi connectivity index (χ4n) is 0.788. The maximum absolute atomic E-state index is 11.2. The molecule has 0 aromatic heterocycles. The van der Waals surface area contributed by atoms with E-state index >= 15 is 0 Å². The minimum Gasteiger partial charge on any atom is -0.467 e. The van der Waals surface area contributed by atoms with Gasteiger partial charge < -0.3 is 9.47 Å². The Kier molecular flexibility index (Phi) is 34.4. The van der Waals surface area contributed by atoms with Gasteiger partial charge >= 0.3 is 17.4 Å². The van der Waals surface area contributed by atoms with Gasteiger partial charge in [0.2, 0.25) is 0 Å². The molecule has 0 atom stereocenters. The Bertz CT molecular complexity index is 297. The summed E-state index contributed by atoms with van der Waals surface area (Å²) in [5.41, 5.74) is -2.95. The van der Waals surface area contributed by atoms with Crippen LogP contribution in [0.4, 0.5) is 0 Å². The summed E-state index contributed by atoms with van der Waals surface area (Å²) in [4.78, 5) is 44.3. The minimum absolute atomic E-state index is 0. The van der Waals surface area contributed by atoms with Crippen molar-refractivity contribution in [1.29, 1.82) is 0 Å². The first-order valence-corrected chi connectivity index (χ1v) is 4.18. The van der Waals surface area contributed by atoms with E-state index in [4.69, 9.17) is 23.2 Å². The third-order valence-electron chi connectivity index (χ3n) is 1.57. The summed E-state index contributed by atoms with van der Waals surface area (Å²) in [5.74, 6) is -2.98. The molecule has 0 aliphatic rings. The first-order valence-electron chi connectivity index (χ1n) is 3.42. The smallest absolute Gasteiger partial charge is 0.341 e. The van der Waals surface area contributed by atoms with E-state index in [1.807, 2.05) is 0 Å². The van der Waals surface area contributed by atoms with E-state index in [0.29, 0.717) is 0 Å². The molecule has 8 heteroatoms. The summed E-state index contributed by atoms with van der Waals surface area (Å²) in [6, 6.07) is 0. The maximum Gasteiger partial charge on any atom is 0.341 e. The molecule has 0 saturated heterocycles. The second-order valence-corrected chi connectivity index (χ2v) is 2.97. The lowest BCUT2D eigenvalue weighted by atomic mass is 9.91. The Labute approximate surface area is 139 Å². The molecule has 0 aromatic rings. The summed E-state index contributed by atoms with van der Waals surface area (Å²) in [6.45, 7) is 0. The molecule has 0 N–H and O–H groups in total. The summed E-state index contributed by atoms with van der Waals surface area (Å²) >= 11 is 9.99. The highest BCUT2D eigenvalue weighted by Crippen LogP contribution is 2.28. The second kappa shape index (κ2) is 16.9. The van der Waals surface area contributed by atoms with Crippen LogP contribution in [0, 0.1) is 5.41 Å². The molecular weight excluding hydrogens is 323 g/mol. The van der Waals surface area contributed by atoms with Gasteiger partial charge in [-0.15, -0.1) is 0 Å². The third kappa shape index (κ3) is 7.43. The quantitative estimate of drug-likeness (QED) is 0.435. The lowest BCUT2D eigenvalue weighted by Crippen LogP contribution is -2.50. The van der Waals surface area contributed by atoms with Crippen LogP contribution in [0.5, 0.6) is 0 Å². The van der Waals surface area contributed by atoms with Crippen molar-refractivity contribution < 1.29 is 28.7 Å². The summed E-state index contributed by atoms with van der Waals surface area (Å²) in [7, 11) is 1.72. The topological polar surface area (TPSA) is 86.7 Å². The Morgan fingerprint density at radius 3 is 0.952 bits per heavy atom. The van der Waals surface area contributed by atoms with Gasteiger partial charge in [0, 0.05) is 0 Å². The first-order chi connectivity index (χ1) is 6.85. The Morgan fingerprint density at radius 2 is 0.857 bits per heavy atom. The maximum atomic E-state index is 11.2. The monoisotopic (exact) mass is 352 g/mol. The molecule has 0 amide bonds. The molecule has 0 bridgehead atoms. The van der Waals surface area contributed by atoms with Crippen molar-refractivity contribution in [3.05, 3.63) is 0 Å². The molecule has 0 aliphatic carbocycles. The lowest BCUT2D eigenvalue weighted by molar-refractivity contribution is -0.170. The number of esters is 2. The van der Waals surface area contributed by atoms with Crippen molar-refractivity contribution in [3.63, 3.8) is 0 Å². The van der Waals surface area contributed by atoms with Gasteiger partial charge in [-0.3, -0.25) is 9.59 Å². The second-order valence-electron chi connectivity index (χ2n) is 2.28. The predicted octanol–water partition coefficient (Wildman–Crippen LogP) is 3.67. The van der Waals surface area contributed by atoms with Crippen molar-refractivity contribution in [3.8, 4) is 0 Å². The molecule has 132 valence electrons. The number of rotatable bonds is 4. The Balaban J connectivity index is -0.0000000653. The van der Waals surface area contributed by atoms with E-state index in [2.05, 4.69) is 9.47 Å². The largest absolute Gasteiger partial charge is 0.467 e. The molecule has 0 aromatic carbocycles. The van der Waals surface area contributed by atoms with Crippen LogP contribution in [-0.4, -0.2) is 36.6 Å². The average Bonchev–Trinajstić information content (AvgIpc) is 2.16. The highest BCUT2D eigenvalue weighted by molar-refractivity contribution is 6.80. The number of hydrogen-bond acceptors (Lipinski definition) is 6. The number of carbonyl (C=O) groups excluding carboxylic acids is 4. The number of ether oxygens (including phenoxy) is 2. The molecule has 0 saturated carbocycles. The number of halogens is 2. The predicted molar refractivity (Wildman–Crippen MR) is 88.6 cm³/mol. The van der Waals surface area contributed by atoms with Crippen LogP contribution < -0.4 is 0 Å². The minimum atomic E-state index is -2.95. The van der Waals surface area contributed by atoms with Crippen LogP contribution in [0.3, 0.4) is 0 Å². The van der Waals surface area contributed by atoms with Crippen molar-refractivity contribution in [2.24, 2.45) is 5.41 Å². The van der Waals surface area contributed by atoms with Gasteiger partial charge in [-0.25, -0.2) is 9.59 Å². The third-order valence-corrected chi connectivity index (χ3v) is 2.14. The first kappa shape index (κ1) is 42.7. The average molecular weight is 353 g/mol. The number of methoxy groups -OCH3 is 2. The molecule has 0 rings (SSSR count). The van der Waals surface area contributed by atoms with Crippen LogP contribution in [0.2, 0.25) is 0 Å². The molecule has 0 radical (unpaired) electrons. The van der Waals surface area contributed by atoms with Crippen molar-refractivity contribution in [2.45, 2.75) is 44.6 Å². The zero-order chi connectivity index (χ0) is 12.2. The van der Waals surface area contributed by atoms with E-state index in [1.165, 1.54) is 0 Å². The number of carbonyl (C=O) groups is 4. The fourth-order valence-corrected chi connectivity index (χ4v) is 1.32. The van der Waals surface area contributed by atoms with Gasteiger partial charge in [0.05, 0.1) is 14.2 Å². The standard InChI is InChI=1S/C7H6Cl2O6.6CH4/c1-14-5(12)7(3(8)10,4(9)11)6(13)15-2;;;;;;/h1-2H3;6*1H4. The Morgan fingerprint density at radius 1 is 0.667 bits per heavy atom. The molecule has 0 unspecified atom stereocenters. The van der Waals surface area contributed by atoms with Crippen LogP contribution >= 0.6 is 23.2 Å². The van der Waals surface area contributed by atoms with Gasteiger partial charge in [0.15, 0.2) is 0 Å². The molecule has 21 heavy (non-hydrogen) atoms. The van der Waals surface area contributed by atoms with Gasteiger partial charge in [-0.1, -0.05) is 44.6 Å². The van der Waals surface area contributed by atoms with Crippen molar-refractivity contribution >= 4 is 45.6 Å². The molecule has 0 spiro atoms. The summed E-state index contributed by atoms with van der Waals surface area (Å²) in [6.07, 6.45) is 0. The molecular formula is C13H30Cl2O6. The highest BCUT2D eigenvalue weighted by Gasteiger charge is 2.61. The van der Waals surface area contributed by atoms with Crippen LogP contribution in [0.25, 0.3) is 0 Å². The highest BCUT2D eigenvalue weighted by atomic mass is 35.5. The van der Waals surface area contributed by atoms with Gasteiger partial charge in [-0.05, 0) is 23.2 Å². The van der Waals surface area contributed by atoms with E-state index < -0.39 is 27.8 Å². The zero-order valence-corrected chi connectivity index (χ0v) is 9.22. The number of hydrogen-bond donors (Lipinski definition) is 0. The lowest BCUT2D eigenvalue weighted by Gasteiger charge is -2.19. The Hall–Kier alpha value is -1.14. The summed E-state index contributed by atoms with van der Waals surface area (Å²) < 4.78 is 8.22. The molecule has 6 nitrogen and oxygen atoms in total. The van der Waals surface area contributed by atoms with E-state index in [9.17, 15) is 19.2 Å².